The second-order valence-electron chi connectivity index (χ2n) is 3.35. The van der Waals surface area contributed by atoms with Crippen LogP contribution in [-0.4, -0.2) is 26.0 Å². The van der Waals surface area contributed by atoms with Crippen molar-refractivity contribution in [1.29, 1.82) is 0 Å². The van der Waals surface area contributed by atoms with Crippen LogP contribution in [0.1, 0.15) is 26.9 Å². The first-order valence-electron chi connectivity index (χ1n) is 4.57. The number of aromatic carboxylic acids is 1. The van der Waals surface area contributed by atoms with Gasteiger partial charge in [-0.25, -0.2) is 4.79 Å². The maximum absolute atomic E-state index is 10.9. The third-order valence-corrected chi connectivity index (χ3v) is 3.18. The van der Waals surface area contributed by atoms with Crippen LogP contribution in [0.2, 0.25) is 0 Å². The van der Waals surface area contributed by atoms with E-state index in [0.717, 1.165) is 0 Å². The number of aryl methyl sites for hydroxylation is 1. The number of thiophene rings is 1. The molecule has 6 heteroatoms. The van der Waals surface area contributed by atoms with Gasteiger partial charge in [-0.05, 0) is 11.4 Å². The lowest BCUT2D eigenvalue weighted by molar-refractivity contribution is 0.0692. The molecule has 16 heavy (non-hydrogen) atoms. The third-order valence-electron chi connectivity index (χ3n) is 2.21. The number of carbonyl (C=O) groups is 1. The van der Waals surface area contributed by atoms with Crippen molar-refractivity contribution in [1.82, 2.24) is 9.78 Å². The topological polar surface area (TPSA) is 75.4 Å². The van der Waals surface area contributed by atoms with E-state index < -0.39 is 12.1 Å². The summed E-state index contributed by atoms with van der Waals surface area (Å²) < 4.78 is 1.56. The van der Waals surface area contributed by atoms with Gasteiger partial charge in [0.2, 0.25) is 0 Å². The molecule has 0 radical (unpaired) electrons. The van der Waals surface area contributed by atoms with E-state index in [1.807, 2.05) is 0 Å². The lowest BCUT2D eigenvalue weighted by Crippen LogP contribution is -2.04. The molecule has 0 saturated carbocycles. The highest BCUT2D eigenvalue weighted by Crippen LogP contribution is 2.29. The molecule has 0 aromatic carbocycles. The first-order chi connectivity index (χ1) is 7.59. The number of carboxylic acid groups (broad SMARTS) is 1. The maximum Gasteiger partial charge on any atom is 0.336 e. The van der Waals surface area contributed by atoms with Crippen LogP contribution < -0.4 is 0 Å². The van der Waals surface area contributed by atoms with Gasteiger partial charge in [-0.1, -0.05) is 0 Å². The molecule has 2 heterocycles. The van der Waals surface area contributed by atoms with Crippen LogP contribution in [0.15, 0.2) is 23.8 Å². The highest BCUT2D eigenvalue weighted by Gasteiger charge is 2.20. The molecule has 2 aromatic rings. The zero-order valence-corrected chi connectivity index (χ0v) is 9.31. The number of aromatic nitrogens is 2. The molecule has 0 saturated heterocycles. The lowest BCUT2D eigenvalue weighted by Gasteiger charge is -2.06. The van der Waals surface area contributed by atoms with Gasteiger partial charge in [-0.15, -0.1) is 11.3 Å². The van der Waals surface area contributed by atoms with Gasteiger partial charge in [0.15, 0.2) is 0 Å². The molecular weight excluding hydrogens is 228 g/mol. The van der Waals surface area contributed by atoms with E-state index in [9.17, 15) is 9.90 Å². The summed E-state index contributed by atoms with van der Waals surface area (Å²) in [4.78, 5) is 11.3. The standard InChI is InChI=1S/C10H10N2O3S/c1-12-5-6(4-11-12)8(13)9-7(10(14)15)2-3-16-9/h2-5,8,13H,1H3,(H,14,15). The molecule has 2 rings (SSSR count). The predicted octanol–water partition coefficient (Wildman–Crippen LogP) is 1.26. The van der Waals surface area contributed by atoms with Gasteiger partial charge in [0.1, 0.15) is 6.10 Å². The van der Waals surface area contributed by atoms with Crippen molar-refractivity contribution >= 4 is 17.3 Å². The average molecular weight is 238 g/mol. The van der Waals surface area contributed by atoms with Crippen molar-refractivity contribution in [2.45, 2.75) is 6.10 Å². The zero-order chi connectivity index (χ0) is 11.7. The molecule has 0 aliphatic heterocycles. The van der Waals surface area contributed by atoms with Gasteiger partial charge >= 0.3 is 5.97 Å². The molecule has 0 aliphatic rings. The summed E-state index contributed by atoms with van der Waals surface area (Å²) in [6.45, 7) is 0. The van der Waals surface area contributed by atoms with E-state index in [1.165, 1.54) is 23.6 Å². The van der Waals surface area contributed by atoms with Gasteiger partial charge in [0.25, 0.3) is 0 Å². The lowest BCUT2D eigenvalue weighted by atomic mass is 10.1. The van der Waals surface area contributed by atoms with E-state index >= 15 is 0 Å². The summed E-state index contributed by atoms with van der Waals surface area (Å²) in [7, 11) is 1.74. The number of carboxylic acids is 1. The number of hydrogen-bond donors (Lipinski definition) is 2. The number of hydrogen-bond acceptors (Lipinski definition) is 4. The molecule has 2 N–H and O–H groups in total. The predicted molar refractivity (Wildman–Crippen MR) is 58.5 cm³/mol. The van der Waals surface area contributed by atoms with Crippen molar-refractivity contribution < 1.29 is 15.0 Å². The number of nitrogens with zero attached hydrogens (tertiary/aromatic N) is 2. The number of aliphatic hydroxyl groups excluding tert-OH is 1. The summed E-state index contributed by atoms with van der Waals surface area (Å²) in [5, 5.41) is 24.5. The Morgan fingerprint density at radius 2 is 2.38 bits per heavy atom. The normalized spacial score (nSPS) is 12.6. The van der Waals surface area contributed by atoms with E-state index in [4.69, 9.17) is 5.11 Å². The molecule has 0 spiro atoms. The molecule has 0 fully saturated rings. The highest BCUT2D eigenvalue weighted by atomic mass is 32.1. The van der Waals surface area contributed by atoms with Crippen LogP contribution in [-0.2, 0) is 7.05 Å². The Morgan fingerprint density at radius 1 is 1.62 bits per heavy atom. The molecule has 84 valence electrons. The Morgan fingerprint density at radius 3 is 2.94 bits per heavy atom. The van der Waals surface area contributed by atoms with Crippen LogP contribution in [0.3, 0.4) is 0 Å². The van der Waals surface area contributed by atoms with Gasteiger partial charge in [0, 0.05) is 18.8 Å². The molecule has 0 bridgehead atoms. The summed E-state index contributed by atoms with van der Waals surface area (Å²) in [6.07, 6.45) is 2.26. The Bertz CT molecular complexity index is 518. The van der Waals surface area contributed by atoms with Crippen molar-refractivity contribution in [3.05, 3.63) is 39.8 Å². The molecule has 0 amide bonds. The fourth-order valence-corrected chi connectivity index (χ4v) is 2.34. The second kappa shape index (κ2) is 4.07. The fourth-order valence-electron chi connectivity index (χ4n) is 1.44. The molecular formula is C10H10N2O3S. The van der Waals surface area contributed by atoms with E-state index in [1.54, 1.807) is 23.3 Å². The minimum atomic E-state index is -1.03. The Labute approximate surface area is 95.6 Å². The van der Waals surface area contributed by atoms with Crippen LogP contribution in [0, 0.1) is 0 Å². The van der Waals surface area contributed by atoms with Gasteiger partial charge in [0.05, 0.1) is 16.6 Å². The molecule has 1 unspecified atom stereocenters. The van der Waals surface area contributed by atoms with Crippen LogP contribution in [0.4, 0.5) is 0 Å². The van der Waals surface area contributed by atoms with Crippen LogP contribution >= 0.6 is 11.3 Å². The molecule has 5 nitrogen and oxygen atoms in total. The molecule has 1 atom stereocenters. The van der Waals surface area contributed by atoms with Crippen molar-refractivity contribution in [2.75, 3.05) is 0 Å². The number of rotatable bonds is 3. The van der Waals surface area contributed by atoms with Gasteiger partial charge < -0.3 is 10.2 Å². The summed E-state index contributed by atoms with van der Waals surface area (Å²) in [5.74, 6) is -1.03. The van der Waals surface area contributed by atoms with Gasteiger partial charge in [-0.3, -0.25) is 4.68 Å². The monoisotopic (exact) mass is 238 g/mol. The maximum atomic E-state index is 10.9. The minimum absolute atomic E-state index is 0.140. The van der Waals surface area contributed by atoms with Gasteiger partial charge in [-0.2, -0.15) is 5.10 Å². The van der Waals surface area contributed by atoms with E-state index in [2.05, 4.69) is 5.10 Å². The smallest absolute Gasteiger partial charge is 0.336 e. The molecule has 0 aliphatic carbocycles. The fraction of sp³-hybridized carbons (Fsp3) is 0.200. The zero-order valence-electron chi connectivity index (χ0n) is 8.49. The quantitative estimate of drug-likeness (QED) is 0.844. The first-order valence-corrected chi connectivity index (χ1v) is 5.45. The Balaban J connectivity index is 2.37. The Hall–Kier alpha value is -1.66. The molecule has 2 aromatic heterocycles. The summed E-state index contributed by atoms with van der Waals surface area (Å²) in [6, 6.07) is 1.49. The van der Waals surface area contributed by atoms with Crippen LogP contribution in [0.25, 0.3) is 0 Å². The van der Waals surface area contributed by atoms with Crippen molar-refractivity contribution in [3.8, 4) is 0 Å². The first kappa shape index (κ1) is 10.8. The summed E-state index contributed by atoms with van der Waals surface area (Å²) in [5.41, 5.74) is 0.730. The largest absolute Gasteiger partial charge is 0.478 e. The summed E-state index contributed by atoms with van der Waals surface area (Å²) >= 11 is 1.22. The van der Waals surface area contributed by atoms with E-state index in [0.29, 0.717) is 10.4 Å². The SMILES string of the molecule is Cn1cc(C(O)c2sccc2C(=O)O)cn1. The van der Waals surface area contributed by atoms with E-state index in [-0.39, 0.29) is 5.56 Å². The number of aliphatic hydroxyl groups is 1. The highest BCUT2D eigenvalue weighted by molar-refractivity contribution is 7.10. The van der Waals surface area contributed by atoms with Crippen LogP contribution in [0.5, 0.6) is 0 Å². The minimum Gasteiger partial charge on any atom is -0.478 e. The second-order valence-corrected chi connectivity index (χ2v) is 4.30. The van der Waals surface area contributed by atoms with Crippen molar-refractivity contribution in [2.24, 2.45) is 7.05 Å². The Kier molecular flexibility index (Phi) is 2.76. The average Bonchev–Trinajstić information content (AvgIpc) is 2.84. The van der Waals surface area contributed by atoms with Crippen molar-refractivity contribution in [3.63, 3.8) is 0 Å². The third kappa shape index (κ3) is 1.84.